The number of benzene rings is 1. The van der Waals surface area contributed by atoms with Gasteiger partial charge in [0.05, 0.1) is 0 Å². The Morgan fingerprint density at radius 2 is 2.00 bits per heavy atom. The van der Waals surface area contributed by atoms with Crippen molar-refractivity contribution in [2.75, 3.05) is 20.6 Å². The molecule has 1 saturated carbocycles. The van der Waals surface area contributed by atoms with Gasteiger partial charge >= 0.3 is 0 Å². The number of carbonyl (C=O) groups excluding carboxylic acids is 1. The maximum absolute atomic E-state index is 12.3. The molecule has 0 saturated heterocycles. The van der Waals surface area contributed by atoms with E-state index < -0.39 is 0 Å². The molecule has 1 aromatic carbocycles. The summed E-state index contributed by atoms with van der Waals surface area (Å²) in [6.07, 6.45) is 4.72. The molecule has 4 nitrogen and oxygen atoms in total. The minimum absolute atomic E-state index is 0.0596. The molecule has 1 amide bonds. The second kappa shape index (κ2) is 5.83. The number of phenolic OH excluding ortho intramolecular Hbond substituents is 1. The van der Waals surface area contributed by atoms with Crippen molar-refractivity contribution in [1.82, 2.24) is 10.2 Å². The Morgan fingerprint density at radius 1 is 1.35 bits per heavy atom. The lowest BCUT2D eigenvalue weighted by molar-refractivity contribution is 0.0899. The molecule has 0 aromatic heterocycles. The maximum atomic E-state index is 12.3. The molecule has 4 heteroatoms. The molecule has 0 heterocycles. The van der Waals surface area contributed by atoms with Gasteiger partial charge in [0.1, 0.15) is 5.75 Å². The SMILES string of the molecule is Cc1cc(O)ccc1C(=O)NCC1(N(C)C)CCCC1. The predicted octanol–water partition coefficient (Wildman–Crippen LogP) is 2.30. The first-order chi connectivity index (χ1) is 9.44. The van der Waals surface area contributed by atoms with Crippen molar-refractivity contribution in [2.24, 2.45) is 0 Å². The fourth-order valence-electron chi connectivity index (χ4n) is 3.06. The number of phenols is 1. The van der Waals surface area contributed by atoms with Crippen LogP contribution in [0.5, 0.6) is 5.75 Å². The molecule has 0 spiro atoms. The van der Waals surface area contributed by atoms with Crippen molar-refractivity contribution >= 4 is 5.91 Å². The van der Waals surface area contributed by atoms with Gasteiger partial charge in [-0.2, -0.15) is 0 Å². The van der Waals surface area contributed by atoms with Gasteiger partial charge in [-0.05, 0) is 57.6 Å². The van der Waals surface area contributed by atoms with Crippen LogP contribution in [-0.2, 0) is 0 Å². The Kier molecular flexibility index (Phi) is 4.33. The van der Waals surface area contributed by atoms with Crippen LogP contribution in [0.15, 0.2) is 18.2 Å². The lowest BCUT2D eigenvalue weighted by atomic mass is 9.95. The van der Waals surface area contributed by atoms with Crippen LogP contribution in [0, 0.1) is 6.92 Å². The monoisotopic (exact) mass is 276 g/mol. The number of aromatic hydroxyl groups is 1. The summed E-state index contributed by atoms with van der Waals surface area (Å²) < 4.78 is 0. The molecule has 2 N–H and O–H groups in total. The van der Waals surface area contributed by atoms with Gasteiger partial charge in [0, 0.05) is 17.6 Å². The topological polar surface area (TPSA) is 52.6 Å². The number of nitrogens with zero attached hydrogens (tertiary/aromatic N) is 1. The van der Waals surface area contributed by atoms with Crippen LogP contribution in [-0.4, -0.2) is 42.1 Å². The van der Waals surface area contributed by atoms with Crippen molar-refractivity contribution in [1.29, 1.82) is 0 Å². The zero-order valence-electron chi connectivity index (χ0n) is 12.6. The summed E-state index contributed by atoms with van der Waals surface area (Å²) in [5, 5.41) is 12.5. The van der Waals surface area contributed by atoms with Crippen LogP contribution in [0.2, 0.25) is 0 Å². The molecule has 0 atom stereocenters. The Morgan fingerprint density at radius 3 is 2.55 bits per heavy atom. The predicted molar refractivity (Wildman–Crippen MR) is 80.1 cm³/mol. The van der Waals surface area contributed by atoms with Crippen molar-refractivity contribution < 1.29 is 9.90 Å². The van der Waals surface area contributed by atoms with E-state index in [1.165, 1.54) is 12.8 Å². The Balaban J connectivity index is 2.04. The van der Waals surface area contributed by atoms with Gasteiger partial charge in [0.15, 0.2) is 0 Å². The number of rotatable bonds is 4. The summed E-state index contributed by atoms with van der Waals surface area (Å²) in [5.41, 5.74) is 1.53. The number of carbonyl (C=O) groups is 1. The first kappa shape index (κ1) is 14.9. The average molecular weight is 276 g/mol. The summed E-state index contributed by atoms with van der Waals surface area (Å²) in [4.78, 5) is 14.5. The van der Waals surface area contributed by atoms with E-state index in [-0.39, 0.29) is 17.2 Å². The molecule has 20 heavy (non-hydrogen) atoms. The molecule has 1 aliphatic rings. The largest absolute Gasteiger partial charge is 0.508 e. The van der Waals surface area contributed by atoms with Gasteiger partial charge < -0.3 is 15.3 Å². The molecule has 1 aliphatic carbocycles. The van der Waals surface area contributed by atoms with E-state index in [1.807, 2.05) is 6.92 Å². The number of hydrogen-bond donors (Lipinski definition) is 2. The van der Waals surface area contributed by atoms with E-state index in [1.54, 1.807) is 18.2 Å². The number of likely N-dealkylation sites (N-methyl/N-ethyl adjacent to an activating group) is 1. The molecule has 0 radical (unpaired) electrons. The van der Waals surface area contributed by atoms with Gasteiger partial charge in [-0.25, -0.2) is 0 Å². The summed E-state index contributed by atoms with van der Waals surface area (Å²) in [5.74, 6) is 0.134. The number of aryl methyl sites for hydroxylation is 1. The van der Waals surface area contributed by atoms with Crippen LogP contribution in [0.4, 0.5) is 0 Å². The number of nitrogens with one attached hydrogen (secondary N) is 1. The van der Waals surface area contributed by atoms with E-state index in [2.05, 4.69) is 24.3 Å². The molecule has 1 fully saturated rings. The van der Waals surface area contributed by atoms with Gasteiger partial charge in [-0.1, -0.05) is 12.8 Å². The van der Waals surface area contributed by atoms with Crippen LogP contribution < -0.4 is 5.32 Å². The minimum atomic E-state index is -0.0596. The minimum Gasteiger partial charge on any atom is -0.508 e. The van der Waals surface area contributed by atoms with Crippen LogP contribution in [0.1, 0.15) is 41.6 Å². The van der Waals surface area contributed by atoms with Crippen molar-refractivity contribution in [3.05, 3.63) is 29.3 Å². The molecule has 0 unspecified atom stereocenters. The van der Waals surface area contributed by atoms with E-state index >= 15 is 0 Å². The molecule has 0 aliphatic heterocycles. The fraction of sp³-hybridized carbons (Fsp3) is 0.562. The van der Waals surface area contributed by atoms with Gasteiger partial charge in [-0.15, -0.1) is 0 Å². The standard InChI is InChI=1S/C16H24N2O2/c1-12-10-13(19)6-7-14(12)15(20)17-11-16(18(2)3)8-4-5-9-16/h6-7,10,19H,4-5,8-9,11H2,1-3H3,(H,17,20). The van der Waals surface area contributed by atoms with Crippen LogP contribution in [0.3, 0.4) is 0 Å². The van der Waals surface area contributed by atoms with E-state index in [9.17, 15) is 9.90 Å². The highest BCUT2D eigenvalue weighted by molar-refractivity contribution is 5.95. The average Bonchev–Trinajstić information content (AvgIpc) is 2.86. The highest BCUT2D eigenvalue weighted by atomic mass is 16.3. The summed E-state index contributed by atoms with van der Waals surface area (Å²) in [6.45, 7) is 2.52. The fourth-order valence-corrected chi connectivity index (χ4v) is 3.06. The molecule has 110 valence electrons. The summed E-state index contributed by atoms with van der Waals surface area (Å²) in [7, 11) is 4.17. The number of amides is 1. The lowest BCUT2D eigenvalue weighted by Crippen LogP contribution is -2.50. The van der Waals surface area contributed by atoms with Crippen molar-refractivity contribution in [2.45, 2.75) is 38.1 Å². The molecular formula is C16H24N2O2. The first-order valence-electron chi connectivity index (χ1n) is 7.20. The quantitative estimate of drug-likeness (QED) is 0.887. The second-order valence-electron chi connectivity index (χ2n) is 6.01. The zero-order valence-corrected chi connectivity index (χ0v) is 12.6. The second-order valence-corrected chi connectivity index (χ2v) is 6.01. The van der Waals surface area contributed by atoms with Crippen LogP contribution in [0.25, 0.3) is 0 Å². The maximum Gasteiger partial charge on any atom is 0.251 e. The van der Waals surface area contributed by atoms with Crippen molar-refractivity contribution in [3.8, 4) is 5.75 Å². The lowest BCUT2D eigenvalue weighted by Gasteiger charge is -2.36. The molecule has 2 rings (SSSR count). The van der Waals surface area contributed by atoms with Crippen molar-refractivity contribution in [3.63, 3.8) is 0 Å². The molecule has 1 aromatic rings. The molecular weight excluding hydrogens is 252 g/mol. The highest BCUT2D eigenvalue weighted by Crippen LogP contribution is 2.33. The van der Waals surface area contributed by atoms with Gasteiger partial charge in [0.25, 0.3) is 5.91 Å². The Bertz CT molecular complexity index is 491. The summed E-state index contributed by atoms with van der Waals surface area (Å²) >= 11 is 0. The zero-order chi connectivity index (χ0) is 14.8. The normalized spacial score (nSPS) is 17.4. The smallest absolute Gasteiger partial charge is 0.251 e. The first-order valence-corrected chi connectivity index (χ1v) is 7.20. The number of hydrogen-bond acceptors (Lipinski definition) is 3. The third-order valence-electron chi connectivity index (χ3n) is 4.52. The van der Waals surface area contributed by atoms with Crippen LogP contribution >= 0.6 is 0 Å². The Labute approximate surface area is 120 Å². The highest BCUT2D eigenvalue weighted by Gasteiger charge is 2.36. The third kappa shape index (κ3) is 2.96. The third-order valence-corrected chi connectivity index (χ3v) is 4.52. The van der Waals surface area contributed by atoms with Gasteiger partial charge in [-0.3, -0.25) is 4.79 Å². The Hall–Kier alpha value is -1.55. The van der Waals surface area contributed by atoms with E-state index in [0.717, 1.165) is 18.4 Å². The van der Waals surface area contributed by atoms with Gasteiger partial charge in [0.2, 0.25) is 0 Å². The van der Waals surface area contributed by atoms with E-state index in [4.69, 9.17) is 0 Å². The van der Waals surface area contributed by atoms with E-state index in [0.29, 0.717) is 12.1 Å². The molecule has 0 bridgehead atoms. The summed E-state index contributed by atoms with van der Waals surface area (Å²) in [6, 6.07) is 4.85.